The van der Waals surface area contributed by atoms with Crippen LogP contribution in [0.2, 0.25) is 0 Å². The van der Waals surface area contributed by atoms with Crippen LogP contribution in [-0.4, -0.2) is 19.9 Å². The number of benzene rings is 9. The van der Waals surface area contributed by atoms with Crippen molar-refractivity contribution in [2.24, 2.45) is 0 Å². The standard InChI is InChI=1S/C64H46N4/c1-63(2)54-25-15-13-22-46(54)48-33-31-43(35-56(48)63)51-37-53-52(44-32-34-49-47-23-14-16-26-55(47)64(3,4)57(49)36-44)38-58(65-59(53)50-24-12-11-21-45(50)51)39-27-29-42(30-28-39)62-67-60(40-17-7-5-8-18-40)66-61(68-62)41-19-9-6-10-20-41/h5-38H,1-4H3. The fraction of sp³-hybridized carbons (Fsp3) is 0.0938. The number of hydrogen-bond acceptors (Lipinski definition) is 4. The molecule has 4 heteroatoms. The predicted molar refractivity (Wildman–Crippen MR) is 280 cm³/mol. The molecular weight excluding hydrogens is 825 g/mol. The van der Waals surface area contributed by atoms with Crippen LogP contribution in [0.4, 0.5) is 0 Å². The first kappa shape index (κ1) is 40.0. The Kier molecular flexibility index (Phi) is 8.88. The first-order valence-corrected chi connectivity index (χ1v) is 23.5. The predicted octanol–water partition coefficient (Wildman–Crippen LogP) is 16.2. The summed E-state index contributed by atoms with van der Waals surface area (Å²) in [6, 6.07) is 74.3. The molecule has 0 bridgehead atoms. The Morgan fingerprint density at radius 3 is 1.19 bits per heavy atom. The summed E-state index contributed by atoms with van der Waals surface area (Å²) < 4.78 is 0. The molecule has 4 nitrogen and oxygen atoms in total. The van der Waals surface area contributed by atoms with Gasteiger partial charge in [-0.2, -0.15) is 0 Å². The van der Waals surface area contributed by atoms with Crippen molar-refractivity contribution in [3.8, 4) is 89.9 Å². The first-order chi connectivity index (χ1) is 33.2. The van der Waals surface area contributed by atoms with Crippen LogP contribution < -0.4 is 0 Å². The zero-order chi connectivity index (χ0) is 45.7. The van der Waals surface area contributed by atoms with Gasteiger partial charge in [0.2, 0.25) is 0 Å². The van der Waals surface area contributed by atoms with Gasteiger partial charge in [-0.3, -0.25) is 0 Å². The second-order valence-electron chi connectivity index (χ2n) is 19.4. The highest BCUT2D eigenvalue weighted by atomic mass is 15.0. The van der Waals surface area contributed by atoms with Crippen molar-refractivity contribution in [2.75, 3.05) is 0 Å². The largest absolute Gasteiger partial charge is 0.247 e. The monoisotopic (exact) mass is 870 g/mol. The van der Waals surface area contributed by atoms with E-state index in [0.29, 0.717) is 17.5 Å². The number of hydrogen-bond donors (Lipinski definition) is 0. The Morgan fingerprint density at radius 2 is 0.662 bits per heavy atom. The zero-order valence-corrected chi connectivity index (χ0v) is 38.4. The highest BCUT2D eigenvalue weighted by Gasteiger charge is 2.37. The molecule has 2 aliphatic rings. The van der Waals surface area contributed by atoms with E-state index in [4.69, 9.17) is 19.9 Å². The Labute approximate surface area is 396 Å². The van der Waals surface area contributed by atoms with Gasteiger partial charge in [0, 0.05) is 43.9 Å². The number of rotatable bonds is 6. The third-order valence-corrected chi connectivity index (χ3v) is 14.7. The zero-order valence-electron chi connectivity index (χ0n) is 38.4. The van der Waals surface area contributed by atoms with Gasteiger partial charge in [-0.15, -0.1) is 0 Å². The lowest BCUT2D eigenvalue weighted by Gasteiger charge is -2.23. The number of nitrogens with zero attached hydrogens (tertiary/aromatic N) is 4. The second kappa shape index (κ2) is 15.1. The van der Waals surface area contributed by atoms with Crippen molar-refractivity contribution in [2.45, 2.75) is 38.5 Å². The maximum atomic E-state index is 5.60. The van der Waals surface area contributed by atoms with Crippen LogP contribution in [0.1, 0.15) is 49.9 Å². The summed E-state index contributed by atoms with van der Waals surface area (Å²) in [5.74, 6) is 1.90. The molecule has 0 aliphatic heterocycles. The van der Waals surface area contributed by atoms with Gasteiger partial charge in [0.1, 0.15) is 0 Å². The van der Waals surface area contributed by atoms with Gasteiger partial charge in [0.05, 0.1) is 11.2 Å². The Balaban J connectivity index is 0.997. The first-order valence-electron chi connectivity index (χ1n) is 23.5. The van der Waals surface area contributed by atoms with Crippen LogP contribution in [-0.2, 0) is 10.8 Å². The highest BCUT2D eigenvalue weighted by molar-refractivity contribution is 6.16. The van der Waals surface area contributed by atoms with Crippen LogP contribution in [0, 0.1) is 0 Å². The van der Waals surface area contributed by atoms with Gasteiger partial charge in [0.15, 0.2) is 17.5 Å². The summed E-state index contributed by atoms with van der Waals surface area (Å²) in [7, 11) is 0. The van der Waals surface area contributed by atoms with E-state index in [9.17, 15) is 0 Å². The maximum absolute atomic E-state index is 5.60. The van der Waals surface area contributed by atoms with Crippen LogP contribution >= 0.6 is 0 Å². The molecule has 68 heavy (non-hydrogen) atoms. The molecule has 11 aromatic rings. The number of aromatic nitrogens is 4. The topological polar surface area (TPSA) is 51.6 Å². The van der Waals surface area contributed by atoms with E-state index in [2.05, 4.69) is 173 Å². The van der Waals surface area contributed by atoms with Crippen LogP contribution in [0.3, 0.4) is 0 Å². The van der Waals surface area contributed by atoms with E-state index < -0.39 is 0 Å². The Bertz CT molecular complexity index is 3770. The normalized spacial score (nSPS) is 13.8. The molecule has 0 saturated carbocycles. The lowest BCUT2D eigenvalue weighted by atomic mass is 9.81. The molecule has 13 rings (SSSR count). The highest BCUT2D eigenvalue weighted by Crippen LogP contribution is 2.52. The van der Waals surface area contributed by atoms with Crippen molar-refractivity contribution in [3.05, 3.63) is 229 Å². The molecule has 0 unspecified atom stereocenters. The fourth-order valence-electron chi connectivity index (χ4n) is 11.1. The minimum Gasteiger partial charge on any atom is -0.247 e. The van der Waals surface area contributed by atoms with Crippen LogP contribution in [0.25, 0.3) is 112 Å². The quantitative estimate of drug-likeness (QED) is 0.156. The van der Waals surface area contributed by atoms with E-state index in [1.807, 2.05) is 60.7 Å². The fourth-order valence-corrected chi connectivity index (χ4v) is 11.1. The summed E-state index contributed by atoms with van der Waals surface area (Å²) >= 11 is 0. The van der Waals surface area contributed by atoms with Gasteiger partial charge in [-0.1, -0.05) is 210 Å². The Morgan fingerprint density at radius 1 is 0.265 bits per heavy atom. The summed E-state index contributed by atoms with van der Waals surface area (Å²) in [4.78, 5) is 20.6. The van der Waals surface area contributed by atoms with Crippen molar-refractivity contribution >= 4 is 21.7 Å². The lowest BCUT2D eigenvalue weighted by molar-refractivity contribution is 0.660. The molecule has 0 radical (unpaired) electrons. The molecule has 322 valence electrons. The molecule has 0 fully saturated rings. The number of pyridine rings is 1. The molecule has 9 aromatic carbocycles. The maximum Gasteiger partial charge on any atom is 0.164 e. The van der Waals surface area contributed by atoms with Crippen molar-refractivity contribution in [1.82, 2.24) is 19.9 Å². The van der Waals surface area contributed by atoms with E-state index in [1.54, 1.807) is 0 Å². The summed E-state index contributed by atoms with van der Waals surface area (Å²) in [6.07, 6.45) is 0. The van der Waals surface area contributed by atoms with Gasteiger partial charge >= 0.3 is 0 Å². The van der Waals surface area contributed by atoms with Crippen LogP contribution in [0.15, 0.2) is 206 Å². The minimum absolute atomic E-state index is 0.113. The molecule has 2 aliphatic carbocycles. The summed E-state index contributed by atoms with van der Waals surface area (Å²) in [5, 5.41) is 3.44. The molecule has 0 spiro atoms. The van der Waals surface area contributed by atoms with E-state index in [1.165, 1.54) is 66.6 Å². The van der Waals surface area contributed by atoms with Crippen molar-refractivity contribution in [3.63, 3.8) is 0 Å². The Hall–Kier alpha value is -8.34. The average Bonchev–Trinajstić information content (AvgIpc) is 3.77. The molecule has 0 saturated heterocycles. The van der Waals surface area contributed by atoms with Crippen molar-refractivity contribution < 1.29 is 0 Å². The van der Waals surface area contributed by atoms with Crippen molar-refractivity contribution in [1.29, 1.82) is 0 Å². The summed E-state index contributed by atoms with van der Waals surface area (Å²) in [5.41, 5.74) is 20.9. The molecule has 2 aromatic heterocycles. The molecular formula is C64H46N4. The van der Waals surface area contributed by atoms with E-state index >= 15 is 0 Å². The van der Waals surface area contributed by atoms with Gasteiger partial charge in [-0.05, 0) is 96.4 Å². The minimum atomic E-state index is -0.147. The SMILES string of the molecule is CC1(C)c2ccccc2-c2ccc(-c3cc4c(-c5ccc6c(c5)C(C)(C)c5ccccc5-6)cc(-c5ccc(-c6nc(-c7ccccc7)nc(-c7ccccc7)n6)cc5)nc4c4ccccc34)cc21. The third-order valence-electron chi connectivity index (χ3n) is 14.7. The molecule has 0 amide bonds. The molecule has 0 N–H and O–H groups in total. The van der Waals surface area contributed by atoms with Gasteiger partial charge < -0.3 is 0 Å². The van der Waals surface area contributed by atoms with Gasteiger partial charge in [0.25, 0.3) is 0 Å². The summed E-state index contributed by atoms with van der Waals surface area (Å²) in [6.45, 7) is 9.43. The van der Waals surface area contributed by atoms with E-state index in [-0.39, 0.29) is 10.8 Å². The van der Waals surface area contributed by atoms with Gasteiger partial charge in [-0.25, -0.2) is 19.9 Å². The molecule has 0 atom stereocenters. The second-order valence-corrected chi connectivity index (χ2v) is 19.4. The lowest BCUT2D eigenvalue weighted by Crippen LogP contribution is -2.15. The number of fused-ring (bicyclic) bond motifs is 9. The smallest absolute Gasteiger partial charge is 0.164 e. The molecule has 2 heterocycles. The average molecular weight is 871 g/mol. The van der Waals surface area contributed by atoms with E-state index in [0.717, 1.165) is 49.8 Å². The third kappa shape index (κ3) is 6.21. The van der Waals surface area contributed by atoms with Crippen LogP contribution in [0.5, 0.6) is 0 Å².